The lowest BCUT2D eigenvalue weighted by molar-refractivity contribution is 0.564. The van der Waals surface area contributed by atoms with Crippen LogP contribution in [-0.2, 0) is 10.0 Å². The maximum atomic E-state index is 13.2. The van der Waals surface area contributed by atoms with Gasteiger partial charge in [0.2, 0.25) is 10.0 Å². The van der Waals surface area contributed by atoms with Crippen molar-refractivity contribution in [2.75, 3.05) is 5.73 Å². The maximum Gasteiger partial charge on any atom is 0.241 e. The minimum atomic E-state index is -3.80. The summed E-state index contributed by atoms with van der Waals surface area (Å²) in [4.78, 5) is -0.174. The molecule has 0 saturated heterocycles. The van der Waals surface area contributed by atoms with Crippen LogP contribution in [0.1, 0.15) is 18.5 Å². The average molecular weight is 300 g/mol. The smallest absolute Gasteiger partial charge is 0.241 e. The summed E-state index contributed by atoms with van der Waals surface area (Å²) in [5.74, 6) is -0.677. The molecule has 0 fully saturated rings. The van der Waals surface area contributed by atoms with E-state index < -0.39 is 15.8 Å². The molecular weight excluding hydrogens is 287 g/mol. The Bertz CT molecular complexity index is 649. The van der Waals surface area contributed by atoms with Gasteiger partial charge >= 0.3 is 0 Å². The molecule has 2 rings (SSSR count). The van der Waals surface area contributed by atoms with E-state index in [1.165, 1.54) is 17.4 Å². The van der Waals surface area contributed by atoms with Gasteiger partial charge in [0.05, 0.1) is 4.90 Å². The predicted octanol–water partition coefficient (Wildman–Crippen LogP) is 2.51. The molecule has 0 aliphatic rings. The van der Waals surface area contributed by atoms with Crippen LogP contribution in [0.4, 0.5) is 10.1 Å². The van der Waals surface area contributed by atoms with Crippen LogP contribution in [-0.4, -0.2) is 8.42 Å². The number of hydrogen-bond donors (Lipinski definition) is 2. The Kier molecular flexibility index (Phi) is 3.88. The fraction of sp³-hybridized carbons (Fsp3) is 0.167. The second-order valence-corrected chi connectivity index (χ2v) is 6.61. The lowest BCUT2D eigenvalue weighted by Crippen LogP contribution is -2.26. The fourth-order valence-electron chi connectivity index (χ4n) is 1.63. The van der Waals surface area contributed by atoms with Crippen LogP contribution in [0.25, 0.3) is 0 Å². The summed E-state index contributed by atoms with van der Waals surface area (Å²) in [6, 6.07) is 4.69. The largest absolute Gasteiger partial charge is 0.399 e. The summed E-state index contributed by atoms with van der Waals surface area (Å²) in [5.41, 5.74) is 6.38. The van der Waals surface area contributed by atoms with Gasteiger partial charge < -0.3 is 5.73 Å². The first kappa shape index (κ1) is 14.0. The molecule has 19 heavy (non-hydrogen) atoms. The Morgan fingerprint density at radius 2 is 2.11 bits per heavy atom. The lowest BCUT2D eigenvalue weighted by atomic mass is 10.2. The van der Waals surface area contributed by atoms with Crippen molar-refractivity contribution in [3.05, 3.63) is 46.4 Å². The van der Waals surface area contributed by atoms with E-state index in [0.29, 0.717) is 0 Å². The molecule has 4 nitrogen and oxygen atoms in total. The Morgan fingerprint density at radius 1 is 1.37 bits per heavy atom. The molecular formula is C12H13FN2O2S2. The normalized spacial score (nSPS) is 13.4. The number of halogens is 1. The van der Waals surface area contributed by atoms with Gasteiger partial charge in [-0.2, -0.15) is 11.3 Å². The van der Waals surface area contributed by atoms with Crippen LogP contribution >= 0.6 is 11.3 Å². The van der Waals surface area contributed by atoms with Gasteiger partial charge in [0.1, 0.15) is 5.82 Å². The molecule has 102 valence electrons. The molecule has 1 aromatic carbocycles. The van der Waals surface area contributed by atoms with Crippen molar-refractivity contribution in [1.29, 1.82) is 0 Å². The second-order valence-electron chi connectivity index (χ2n) is 4.12. The van der Waals surface area contributed by atoms with E-state index in [4.69, 9.17) is 5.73 Å². The number of thiophene rings is 1. The number of nitrogens with two attached hydrogens (primary N) is 1. The Balaban J connectivity index is 2.27. The highest BCUT2D eigenvalue weighted by atomic mass is 32.2. The zero-order chi connectivity index (χ0) is 14.0. The summed E-state index contributed by atoms with van der Waals surface area (Å²) in [5, 5.41) is 3.72. The number of sulfonamides is 1. The van der Waals surface area contributed by atoms with E-state index in [2.05, 4.69) is 4.72 Å². The van der Waals surface area contributed by atoms with Gasteiger partial charge in [-0.1, -0.05) is 0 Å². The first-order valence-corrected chi connectivity index (χ1v) is 7.91. The van der Waals surface area contributed by atoms with Crippen molar-refractivity contribution in [2.45, 2.75) is 17.9 Å². The van der Waals surface area contributed by atoms with Gasteiger partial charge in [-0.3, -0.25) is 0 Å². The molecule has 3 N–H and O–H groups in total. The van der Waals surface area contributed by atoms with E-state index in [9.17, 15) is 12.8 Å². The second kappa shape index (κ2) is 5.28. The van der Waals surface area contributed by atoms with Crippen LogP contribution < -0.4 is 10.5 Å². The predicted molar refractivity (Wildman–Crippen MR) is 73.9 cm³/mol. The summed E-state index contributed by atoms with van der Waals surface area (Å²) >= 11 is 1.48. The molecule has 0 aliphatic heterocycles. The Hall–Kier alpha value is -1.44. The van der Waals surface area contributed by atoms with Crippen molar-refractivity contribution < 1.29 is 12.8 Å². The molecule has 0 saturated carbocycles. The van der Waals surface area contributed by atoms with Gasteiger partial charge in [-0.25, -0.2) is 17.5 Å². The third-order valence-electron chi connectivity index (χ3n) is 2.58. The number of nitrogens with one attached hydrogen (secondary N) is 1. The third-order valence-corrected chi connectivity index (χ3v) is 4.80. The summed E-state index contributed by atoms with van der Waals surface area (Å²) in [6.45, 7) is 1.72. The van der Waals surface area contributed by atoms with Gasteiger partial charge in [0.25, 0.3) is 0 Å². The van der Waals surface area contributed by atoms with Gasteiger partial charge in [0, 0.05) is 11.7 Å². The zero-order valence-corrected chi connectivity index (χ0v) is 11.8. The molecule has 0 bridgehead atoms. The summed E-state index contributed by atoms with van der Waals surface area (Å²) < 4.78 is 39.9. The Morgan fingerprint density at radius 3 is 2.68 bits per heavy atom. The molecule has 1 aromatic heterocycles. The van der Waals surface area contributed by atoms with E-state index >= 15 is 0 Å². The average Bonchev–Trinajstić information content (AvgIpc) is 2.80. The van der Waals surface area contributed by atoms with Gasteiger partial charge in [0.15, 0.2) is 0 Å². The van der Waals surface area contributed by atoms with E-state index in [-0.39, 0.29) is 16.6 Å². The highest BCUT2D eigenvalue weighted by molar-refractivity contribution is 7.89. The highest BCUT2D eigenvalue weighted by Crippen LogP contribution is 2.21. The van der Waals surface area contributed by atoms with Crippen molar-refractivity contribution >= 4 is 27.0 Å². The molecule has 0 radical (unpaired) electrons. The number of hydrogen-bond acceptors (Lipinski definition) is 4. The van der Waals surface area contributed by atoms with Crippen molar-refractivity contribution in [2.24, 2.45) is 0 Å². The number of rotatable bonds is 4. The molecule has 1 unspecified atom stereocenters. The lowest BCUT2D eigenvalue weighted by Gasteiger charge is -2.13. The van der Waals surface area contributed by atoms with E-state index in [0.717, 1.165) is 17.7 Å². The summed E-state index contributed by atoms with van der Waals surface area (Å²) in [7, 11) is -3.80. The zero-order valence-electron chi connectivity index (χ0n) is 10.1. The number of anilines is 1. The van der Waals surface area contributed by atoms with E-state index in [1.54, 1.807) is 6.92 Å². The number of benzene rings is 1. The monoisotopic (exact) mass is 300 g/mol. The molecule has 0 amide bonds. The molecule has 0 aliphatic carbocycles. The van der Waals surface area contributed by atoms with E-state index in [1.807, 2.05) is 16.8 Å². The van der Waals surface area contributed by atoms with Crippen molar-refractivity contribution in [3.8, 4) is 0 Å². The SMILES string of the molecule is CC(NS(=O)(=O)c1cc(N)cc(F)c1)c1ccsc1. The molecule has 7 heteroatoms. The molecule has 1 atom stereocenters. The fourth-order valence-corrected chi connectivity index (χ4v) is 3.68. The third kappa shape index (κ3) is 3.31. The van der Waals surface area contributed by atoms with Crippen LogP contribution in [0.5, 0.6) is 0 Å². The number of nitrogen functional groups attached to an aromatic ring is 1. The first-order valence-electron chi connectivity index (χ1n) is 5.49. The van der Waals surface area contributed by atoms with Crippen molar-refractivity contribution in [1.82, 2.24) is 4.72 Å². The van der Waals surface area contributed by atoms with Crippen molar-refractivity contribution in [3.63, 3.8) is 0 Å². The maximum absolute atomic E-state index is 13.2. The minimum Gasteiger partial charge on any atom is -0.399 e. The van der Waals surface area contributed by atoms with Crippen LogP contribution in [0, 0.1) is 5.82 Å². The quantitative estimate of drug-likeness (QED) is 0.852. The van der Waals surface area contributed by atoms with Gasteiger partial charge in [-0.05, 0) is 47.5 Å². The summed E-state index contributed by atoms with van der Waals surface area (Å²) in [6.07, 6.45) is 0. The first-order chi connectivity index (χ1) is 8.88. The van der Waals surface area contributed by atoms with Crippen LogP contribution in [0.2, 0.25) is 0 Å². The van der Waals surface area contributed by atoms with Gasteiger partial charge in [-0.15, -0.1) is 0 Å². The molecule has 0 spiro atoms. The van der Waals surface area contributed by atoms with Crippen LogP contribution in [0.3, 0.4) is 0 Å². The topological polar surface area (TPSA) is 72.2 Å². The van der Waals surface area contributed by atoms with Crippen LogP contribution in [0.15, 0.2) is 39.9 Å². The standard InChI is InChI=1S/C12H13FN2O2S2/c1-8(9-2-3-18-7-9)15-19(16,17)12-5-10(13)4-11(14)6-12/h2-8,15H,14H2,1H3. The Labute approximate surface area is 115 Å². The minimum absolute atomic E-state index is 0.0727. The molecule has 2 aromatic rings. The molecule has 1 heterocycles. The highest BCUT2D eigenvalue weighted by Gasteiger charge is 2.19.